The van der Waals surface area contributed by atoms with Crippen LogP contribution in [0.2, 0.25) is 0 Å². The van der Waals surface area contributed by atoms with Crippen LogP contribution in [0.3, 0.4) is 0 Å². The van der Waals surface area contributed by atoms with E-state index in [-0.39, 0.29) is 30.3 Å². The quantitative estimate of drug-likeness (QED) is 0.178. The number of likely N-dealkylation sites (N-methyl/N-ethyl adjacent to an activating group) is 1. The van der Waals surface area contributed by atoms with E-state index in [0.29, 0.717) is 18.1 Å². The van der Waals surface area contributed by atoms with Gasteiger partial charge in [0, 0.05) is 85.4 Å². The van der Waals surface area contributed by atoms with Crippen LogP contribution in [-0.4, -0.2) is 123 Å². The van der Waals surface area contributed by atoms with Crippen LogP contribution in [0.4, 0.5) is 5.69 Å². The second-order valence-electron chi connectivity index (χ2n) is 17.5. The molecule has 2 aromatic carbocycles. The van der Waals surface area contributed by atoms with Crippen LogP contribution in [0.25, 0.3) is 10.9 Å². The van der Waals surface area contributed by atoms with Gasteiger partial charge in [-0.15, -0.1) is 12.4 Å². The molecule has 2 saturated heterocycles. The lowest BCUT2D eigenvalue weighted by Gasteiger charge is -2.63. The first-order chi connectivity index (χ1) is 27.9. The Morgan fingerprint density at radius 1 is 0.983 bits per heavy atom. The van der Waals surface area contributed by atoms with Gasteiger partial charge in [-0.2, -0.15) is 0 Å². The van der Waals surface area contributed by atoms with Gasteiger partial charge < -0.3 is 38.8 Å². The molecule has 5 aliphatic heterocycles. The summed E-state index contributed by atoms with van der Waals surface area (Å²) < 4.78 is 21.8. The van der Waals surface area contributed by atoms with Gasteiger partial charge in [0.25, 0.3) is 0 Å². The number of carbonyl (C=O) groups is 3. The van der Waals surface area contributed by atoms with Gasteiger partial charge >= 0.3 is 17.9 Å². The molecule has 6 aliphatic rings. The number of nitrogens with one attached hydrogen (secondary N) is 1. The number of piperidine rings is 1. The van der Waals surface area contributed by atoms with Gasteiger partial charge in [-0.05, 0) is 73.7 Å². The van der Waals surface area contributed by atoms with E-state index >= 15 is 0 Å². The maximum Gasteiger partial charge on any atom is 0.344 e. The zero-order valence-corrected chi connectivity index (χ0v) is 36.3. The van der Waals surface area contributed by atoms with E-state index in [4.69, 9.17) is 18.9 Å². The molecule has 6 heterocycles. The normalized spacial score (nSPS) is 33.9. The second kappa shape index (κ2) is 16.4. The Morgan fingerprint density at radius 2 is 1.76 bits per heavy atom. The van der Waals surface area contributed by atoms with Crippen LogP contribution in [-0.2, 0) is 40.4 Å². The maximum absolute atomic E-state index is 13.5. The summed E-state index contributed by atoms with van der Waals surface area (Å²) in [5, 5.41) is 13.7. The topological polar surface area (TPSA) is 134 Å². The fourth-order valence-electron chi connectivity index (χ4n) is 12.6. The number of carbonyl (C=O) groups excluding carboxylic acids is 3. The number of fused-ring (bicyclic) bond motifs is 6. The van der Waals surface area contributed by atoms with Gasteiger partial charge in [-0.3, -0.25) is 14.5 Å². The van der Waals surface area contributed by atoms with Crippen molar-refractivity contribution in [3.05, 3.63) is 71.4 Å². The van der Waals surface area contributed by atoms with Crippen molar-refractivity contribution in [1.29, 1.82) is 0 Å². The number of halogens is 1. The Balaban J connectivity index is 0.000000183. The van der Waals surface area contributed by atoms with Gasteiger partial charge in [-0.1, -0.05) is 56.7 Å². The largest absolute Gasteiger partial charge is 0.497 e. The fourth-order valence-corrected chi connectivity index (χ4v) is 12.6. The molecule has 13 heteroatoms. The molecule has 59 heavy (non-hydrogen) atoms. The van der Waals surface area contributed by atoms with Gasteiger partial charge in [0.2, 0.25) is 5.60 Å². The highest BCUT2D eigenvalue weighted by Crippen LogP contribution is 2.67. The van der Waals surface area contributed by atoms with Gasteiger partial charge in [0.05, 0.1) is 33.3 Å². The molecule has 12 nitrogen and oxygen atoms in total. The van der Waals surface area contributed by atoms with Gasteiger partial charge in [-0.25, -0.2) is 4.79 Å². The van der Waals surface area contributed by atoms with E-state index in [1.165, 1.54) is 51.5 Å². The zero-order valence-electron chi connectivity index (χ0n) is 35.5. The third-order valence-corrected chi connectivity index (χ3v) is 14.8. The lowest BCUT2D eigenvalue weighted by Crippen LogP contribution is -2.81. The molecule has 0 amide bonds. The number of aromatic amines is 1. The second-order valence-corrected chi connectivity index (χ2v) is 17.5. The Bertz CT molecular complexity index is 2110. The van der Waals surface area contributed by atoms with Crippen LogP contribution < -0.4 is 9.64 Å². The third-order valence-electron chi connectivity index (χ3n) is 14.8. The number of esters is 3. The van der Waals surface area contributed by atoms with Crippen LogP contribution in [0.15, 0.2) is 54.6 Å². The minimum Gasteiger partial charge on any atom is -0.497 e. The minimum absolute atomic E-state index is 0. The average Bonchev–Trinajstić information content (AvgIpc) is 3.90. The Labute approximate surface area is 354 Å². The molecule has 1 saturated carbocycles. The molecule has 1 spiro atoms. The van der Waals surface area contributed by atoms with E-state index in [1.807, 2.05) is 31.0 Å². The molecule has 2 bridgehead atoms. The maximum atomic E-state index is 13.5. The monoisotopic (exact) mass is 832 g/mol. The van der Waals surface area contributed by atoms with Crippen LogP contribution in [0, 0.1) is 17.3 Å². The van der Waals surface area contributed by atoms with Crippen molar-refractivity contribution < 1.29 is 38.4 Å². The molecule has 1 aliphatic carbocycles. The highest BCUT2D eigenvalue weighted by molar-refractivity contribution is 5.89. The average molecular weight is 833 g/mol. The van der Waals surface area contributed by atoms with E-state index in [1.54, 1.807) is 7.11 Å². The van der Waals surface area contributed by atoms with E-state index in [0.717, 1.165) is 73.8 Å². The Hall–Kier alpha value is -4.10. The standard InChI is InChI=1S/C25H32N2O6.C21H28N2O2.ClH/c1-6-23-10-7-12-27-13-11-24(19(23)27)17-9-8-16(31-4)14-18(17)26(3)20(24)25(30,22(29)32-5)21(23)33-15(2)28;1-3-14-10-15-11-18(21(24)25-2)20-17(8-9-23(12-14)13-15)16-6-4-5-7-19(16)22-20;/h7-10,14,19-21,30H,6,11-13H2,1-5H3;4-7,14-15,18,22H,3,8-13H2,1-2H3;1H. The third kappa shape index (κ3) is 6.55. The predicted molar refractivity (Wildman–Crippen MR) is 228 cm³/mol. The summed E-state index contributed by atoms with van der Waals surface area (Å²) in [5.41, 5.74) is 2.13. The first-order valence-corrected chi connectivity index (χ1v) is 21.1. The predicted octanol–water partition coefficient (Wildman–Crippen LogP) is 5.78. The number of anilines is 1. The molecule has 3 fully saturated rings. The number of hydrogen-bond donors (Lipinski definition) is 2. The van der Waals surface area contributed by atoms with Crippen molar-refractivity contribution >= 4 is 46.9 Å². The van der Waals surface area contributed by atoms with Crippen molar-refractivity contribution in [3.8, 4) is 5.75 Å². The zero-order chi connectivity index (χ0) is 41.1. The minimum atomic E-state index is -2.08. The number of para-hydroxylation sites is 1. The first kappa shape index (κ1) is 43.0. The van der Waals surface area contributed by atoms with Crippen molar-refractivity contribution in [2.45, 2.75) is 94.4 Å². The molecule has 320 valence electrons. The number of hydrogen-bond acceptors (Lipinski definition) is 11. The number of ether oxygens (including phenoxy) is 4. The Morgan fingerprint density at radius 3 is 2.46 bits per heavy atom. The highest BCUT2D eigenvalue weighted by atomic mass is 35.5. The lowest BCUT2D eigenvalue weighted by molar-refractivity contribution is -0.228. The van der Waals surface area contributed by atoms with Crippen LogP contribution in [0.5, 0.6) is 5.75 Å². The number of aromatic nitrogens is 1. The van der Waals surface area contributed by atoms with E-state index in [9.17, 15) is 19.5 Å². The number of aliphatic hydroxyl groups is 1. The van der Waals surface area contributed by atoms with Crippen LogP contribution >= 0.6 is 12.4 Å². The summed E-state index contributed by atoms with van der Waals surface area (Å²) in [7, 11) is 6.29. The summed E-state index contributed by atoms with van der Waals surface area (Å²) in [6.07, 6.45) is 8.74. The smallest absolute Gasteiger partial charge is 0.344 e. The van der Waals surface area contributed by atoms with Crippen LogP contribution in [0.1, 0.15) is 75.6 Å². The van der Waals surface area contributed by atoms with Crippen molar-refractivity contribution in [1.82, 2.24) is 14.8 Å². The summed E-state index contributed by atoms with van der Waals surface area (Å²) in [6, 6.07) is 13.6. The molecule has 2 N–H and O–H groups in total. The summed E-state index contributed by atoms with van der Waals surface area (Å²) in [5.74, 6) is 0.437. The summed E-state index contributed by atoms with van der Waals surface area (Å²) in [4.78, 5) is 49.0. The number of nitrogens with zero attached hydrogens (tertiary/aromatic N) is 3. The van der Waals surface area contributed by atoms with Gasteiger partial charge in [0.15, 0.2) is 6.10 Å². The van der Waals surface area contributed by atoms with Crippen molar-refractivity contribution in [2.75, 3.05) is 66.0 Å². The molecule has 3 aromatic rings. The fraction of sp³-hybridized carbons (Fsp3) is 0.587. The first-order valence-electron chi connectivity index (χ1n) is 21.1. The molecule has 10 atom stereocenters. The van der Waals surface area contributed by atoms with Crippen molar-refractivity contribution in [2.24, 2.45) is 17.3 Å². The molecule has 0 radical (unpaired) electrons. The lowest BCUT2D eigenvalue weighted by atomic mass is 9.47. The molecule has 9 rings (SSSR count). The van der Waals surface area contributed by atoms with Crippen molar-refractivity contribution in [3.63, 3.8) is 0 Å². The van der Waals surface area contributed by atoms with E-state index < -0.39 is 40.5 Å². The molecule has 10 unspecified atom stereocenters. The number of methoxy groups -OCH3 is 3. The number of benzene rings is 2. The molecular formula is C46H61ClN4O8. The molecule has 1 aromatic heterocycles. The number of H-pyrrole nitrogens is 1. The number of rotatable bonds is 6. The summed E-state index contributed by atoms with van der Waals surface area (Å²) in [6.45, 7) is 10.6. The highest BCUT2D eigenvalue weighted by Gasteiger charge is 2.80. The molecular weight excluding hydrogens is 772 g/mol. The SMILES string of the molecule is CCC12C=CCN3CCC4(c5ccc(OC)cc5N(C)C4C(O)(C(=O)OC)C1OC(C)=O)C32.CCC1CC2CC(C(=O)OC)c3[nH]c4ccccc4c3CCN(C1)C2.Cl. The summed E-state index contributed by atoms with van der Waals surface area (Å²) >= 11 is 0. The van der Waals surface area contributed by atoms with E-state index in [2.05, 4.69) is 64.2 Å². The van der Waals surface area contributed by atoms with Gasteiger partial charge in [0.1, 0.15) is 5.75 Å². The Kier molecular flexibility index (Phi) is 12.0.